The van der Waals surface area contributed by atoms with E-state index in [-0.39, 0.29) is 5.70 Å². The van der Waals surface area contributed by atoms with Crippen molar-refractivity contribution in [2.24, 2.45) is 11.6 Å². The van der Waals surface area contributed by atoms with Crippen molar-refractivity contribution in [3.63, 3.8) is 0 Å². The van der Waals surface area contributed by atoms with E-state index in [0.717, 1.165) is 37.4 Å². The quantitative estimate of drug-likeness (QED) is 0.298. The summed E-state index contributed by atoms with van der Waals surface area (Å²) in [5.74, 6) is 5.34. The lowest BCUT2D eigenvalue weighted by Crippen LogP contribution is -2.44. The van der Waals surface area contributed by atoms with Crippen molar-refractivity contribution in [3.8, 4) is 0 Å². The zero-order chi connectivity index (χ0) is 15.9. The predicted molar refractivity (Wildman–Crippen MR) is 85.5 cm³/mol. The first-order valence-electron chi connectivity index (χ1n) is 7.22. The van der Waals surface area contributed by atoms with Crippen LogP contribution in [0, 0.1) is 0 Å². The number of hydrogen-bond acceptors (Lipinski definition) is 7. The second-order valence-electron chi connectivity index (χ2n) is 5.11. The number of hydrazine groups is 1. The Kier molecular flexibility index (Phi) is 5.62. The summed E-state index contributed by atoms with van der Waals surface area (Å²) in [5.41, 5.74) is 7.83. The van der Waals surface area contributed by atoms with Gasteiger partial charge < -0.3 is 25.7 Å². The number of hydrogen-bond donors (Lipinski definition) is 3. The molecule has 22 heavy (non-hydrogen) atoms. The molecule has 0 atom stereocenters. The van der Waals surface area contributed by atoms with Crippen LogP contribution in [-0.2, 0) is 16.1 Å². The van der Waals surface area contributed by atoms with E-state index in [1.807, 2.05) is 18.2 Å². The van der Waals surface area contributed by atoms with E-state index in [2.05, 4.69) is 21.0 Å². The van der Waals surface area contributed by atoms with Crippen LogP contribution in [0.1, 0.15) is 5.56 Å². The average Bonchev–Trinajstić information content (AvgIpc) is 2.55. The number of benzene rings is 1. The van der Waals surface area contributed by atoms with Gasteiger partial charge in [0.1, 0.15) is 5.70 Å². The van der Waals surface area contributed by atoms with Crippen molar-refractivity contribution < 1.29 is 9.53 Å². The Morgan fingerprint density at radius 2 is 2.09 bits per heavy atom. The fraction of sp³-hybridized carbons (Fsp3) is 0.400. The molecule has 0 aromatic heterocycles. The lowest BCUT2D eigenvalue weighted by Gasteiger charge is -2.31. The van der Waals surface area contributed by atoms with Gasteiger partial charge in [0, 0.05) is 38.1 Å². The third kappa shape index (κ3) is 4.12. The summed E-state index contributed by atoms with van der Waals surface area (Å²) < 4.78 is 4.55. The number of esters is 1. The van der Waals surface area contributed by atoms with Crippen molar-refractivity contribution in [2.45, 2.75) is 6.54 Å². The van der Waals surface area contributed by atoms with Crippen LogP contribution in [0.25, 0.3) is 0 Å². The van der Waals surface area contributed by atoms with Gasteiger partial charge in [-0.3, -0.25) is 0 Å². The van der Waals surface area contributed by atoms with Gasteiger partial charge in [-0.1, -0.05) is 18.2 Å². The number of rotatable bonds is 5. The molecule has 0 unspecified atom stereocenters. The van der Waals surface area contributed by atoms with Gasteiger partial charge in [0.05, 0.1) is 13.7 Å². The van der Waals surface area contributed by atoms with Gasteiger partial charge in [0.25, 0.3) is 0 Å². The maximum Gasteiger partial charge on any atom is 0.355 e. The Balaban J connectivity index is 2.10. The van der Waals surface area contributed by atoms with E-state index in [9.17, 15) is 4.79 Å². The highest BCUT2D eigenvalue weighted by molar-refractivity contribution is 5.87. The molecule has 1 heterocycles. The van der Waals surface area contributed by atoms with Crippen LogP contribution < -0.4 is 21.8 Å². The van der Waals surface area contributed by atoms with Crippen LogP contribution in [0.4, 0.5) is 5.69 Å². The molecule has 0 bridgehead atoms. The molecule has 0 spiro atoms. The molecule has 1 fully saturated rings. The molecule has 1 aromatic carbocycles. The number of carbonyl (C=O) groups is 1. The number of para-hydroxylation sites is 1. The summed E-state index contributed by atoms with van der Waals surface area (Å²) in [6.45, 7) is 4.31. The Morgan fingerprint density at radius 3 is 2.77 bits per heavy atom. The van der Waals surface area contributed by atoms with Crippen LogP contribution in [0.2, 0.25) is 0 Å². The minimum absolute atomic E-state index is 0.0235. The highest BCUT2D eigenvalue weighted by Crippen LogP contribution is 2.21. The van der Waals surface area contributed by atoms with Gasteiger partial charge in [-0.15, -0.1) is 0 Å². The smallest absolute Gasteiger partial charge is 0.355 e. The molecule has 7 heteroatoms. The minimum Gasteiger partial charge on any atom is -0.464 e. The van der Waals surface area contributed by atoms with E-state index >= 15 is 0 Å². The number of nitrogens with zero attached hydrogens (tertiary/aromatic N) is 2. The van der Waals surface area contributed by atoms with Gasteiger partial charge >= 0.3 is 5.97 Å². The van der Waals surface area contributed by atoms with Gasteiger partial charge in [0.15, 0.2) is 0 Å². The van der Waals surface area contributed by atoms with Gasteiger partial charge in [-0.05, 0) is 11.6 Å². The van der Waals surface area contributed by atoms with Crippen molar-refractivity contribution in [2.75, 3.05) is 38.2 Å². The first-order chi connectivity index (χ1) is 10.6. The molecular weight excluding hydrogens is 282 g/mol. The normalized spacial score (nSPS) is 15.5. The SMILES string of the molecule is COC(=O)/C(N)=C/N(N)Cc1ccccc1N1CCNCC1. The second-order valence-corrected chi connectivity index (χ2v) is 5.11. The number of methoxy groups -OCH3 is 1. The van der Waals surface area contributed by atoms with E-state index in [1.54, 1.807) is 0 Å². The zero-order valence-corrected chi connectivity index (χ0v) is 12.8. The third-order valence-corrected chi connectivity index (χ3v) is 3.53. The zero-order valence-electron chi connectivity index (χ0n) is 12.8. The lowest BCUT2D eigenvalue weighted by molar-refractivity contribution is -0.136. The maximum atomic E-state index is 11.3. The third-order valence-electron chi connectivity index (χ3n) is 3.53. The molecule has 0 amide bonds. The summed E-state index contributed by atoms with van der Waals surface area (Å²) in [7, 11) is 1.28. The van der Waals surface area contributed by atoms with Crippen LogP contribution in [0.15, 0.2) is 36.2 Å². The van der Waals surface area contributed by atoms with Gasteiger partial charge in [-0.25, -0.2) is 10.6 Å². The number of nitrogens with two attached hydrogens (primary N) is 2. The lowest BCUT2D eigenvalue weighted by atomic mass is 10.1. The molecule has 120 valence electrons. The molecule has 1 aromatic rings. The fourth-order valence-electron chi connectivity index (χ4n) is 2.45. The van der Waals surface area contributed by atoms with Crippen LogP contribution in [0.5, 0.6) is 0 Å². The number of ether oxygens (including phenoxy) is 1. The monoisotopic (exact) mass is 305 g/mol. The maximum absolute atomic E-state index is 11.3. The first-order valence-corrected chi connectivity index (χ1v) is 7.22. The highest BCUT2D eigenvalue weighted by atomic mass is 16.5. The summed E-state index contributed by atoms with van der Waals surface area (Å²) in [4.78, 5) is 13.6. The summed E-state index contributed by atoms with van der Waals surface area (Å²) in [6, 6.07) is 8.10. The summed E-state index contributed by atoms with van der Waals surface area (Å²) in [5, 5.41) is 4.73. The fourth-order valence-corrected chi connectivity index (χ4v) is 2.45. The first kappa shape index (κ1) is 16.1. The highest BCUT2D eigenvalue weighted by Gasteiger charge is 2.14. The van der Waals surface area contributed by atoms with Gasteiger partial charge in [-0.2, -0.15) is 0 Å². The van der Waals surface area contributed by atoms with Gasteiger partial charge in [0.2, 0.25) is 0 Å². The van der Waals surface area contributed by atoms with E-state index in [4.69, 9.17) is 11.6 Å². The molecule has 0 aliphatic carbocycles. The standard InChI is InChI=1S/C15H23N5O2/c1-22-15(21)13(16)11-20(17)10-12-4-2-3-5-14(12)19-8-6-18-7-9-19/h2-5,11,18H,6-10,16-17H2,1H3/b13-11-. The molecule has 2 rings (SSSR count). The number of carbonyl (C=O) groups excluding carboxylic acids is 1. The summed E-state index contributed by atoms with van der Waals surface area (Å²) >= 11 is 0. The Morgan fingerprint density at radius 1 is 1.41 bits per heavy atom. The molecule has 0 saturated carbocycles. The minimum atomic E-state index is -0.592. The molecule has 1 aliphatic rings. The topological polar surface area (TPSA) is 96.8 Å². The predicted octanol–water partition coefficient (Wildman–Crippen LogP) is -0.255. The Labute approximate surface area is 130 Å². The van der Waals surface area contributed by atoms with Crippen LogP contribution in [0.3, 0.4) is 0 Å². The Hall–Kier alpha value is -2.25. The molecular formula is C15H23N5O2. The average molecular weight is 305 g/mol. The second kappa shape index (κ2) is 7.67. The molecule has 1 saturated heterocycles. The van der Waals surface area contributed by atoms with Crippen LogP contribution in [-0.4, -0.2) is 44.3 Å². The van der Waals surface area contributed by atoms with Crippen LogP contribution >= 0.6 is 0 Å². The van der Waals surface area contributed by atoms with E-state index < -0.39 is 5.97 Å². The van der Waals surface area contributed by atoms with Crippen molar-refractivity contribution in [1.29, 1.82) is 0 Å². The summed E-state index contributed by atoms with van der Waals surface area (Å²) in [6.07, 6.45) is 1.39. The largest absolute Gasteiger partial charge is 0.464 e. The Bertz CT molecular complexity index is 540. The molecule has 0 radical (unpaired) electrons. The van der Waals surface area contributed by atoms with E-state index in [1.165, 1.54) is 18.3 Å². The molecule has 7 nitrogen and oxygen atoms in total. The molecule has 5 N–H and O–H groups in total. The number of nitrogens with one attached hydrogen (secondary N) is 1. The number of piperazine rings is 1. The van der Waals surface area contributed by atoms with Crippen molar-refractivity contribution in [1.82, 2.24) is 10.3 Å². The number of anilines is 1. The van der Waals surface area contributed by atoms with Crippen molar-refractivity contribution >= 4 is 11.7 Å². The molecule has 1 aliphatic heterocycles. The van der Waals surface area contributed by atoms with Crippen molar-refractivity contribution in [3.05, 3.63) is 41.7 Å². The van der Waals surface area contributed by atoms with E-state index in [0.29, 0.717) is 6.54 Å².